The van der Waals surface area contributed by atoms with E-state index in [1.807, 2.05) is 32.2 Å². The van der Waals surface area contributed by atoms with Crippen LogP contribution in [-0.2, 0) is 21.4 Å². The summed E-state index contributed by atoms with van der Waals surface area (Å²) in [6, 6.07) is 1.41. The quantitative estimate of drug-likeness (QED) is 0.563. The number of amides is 2. The minimum absolute atomic E-state index is 0.132. The van der Waals surface area contributed by atoms with Crippen LogP contribution in [-0.4, -0.2) is 60.2 Å². The number of likely N-dealkylation sites (N-methyl/N-ethyl adjacent to an activating group) is 1. The Morgan fingerprint density at radius 3 is 2.65 bits per heavy atom. The van der Waals surface area contributed by atoms with Gasteiger partial charge >= 0.3 is 17.8 Å². The molecule has 0 aliphatic carbocycles. The lowest BCUT2D eigenvalue weighted by molar-refractivity contribution is -0.136. The number of hydrogen-bond donors (Lipinski definition) is 2. The number of thiophene rings is 1. The Morgan fingerprint density at radius 1 is 1.35 bits per heavy atom. The van der Waals surface area contributed by atoms with Gasteiger partial charge in [0.15, 0.2) is 0 Å². The lowest BCUT2D eigenvalue weighted by atomic mass is 10.1. The van der Waals surface area contributed by atoms with Crippen molar-refractivity contribution in [1.82, 2.24) is 20.0 Å². The van der Waals surface area contributed by atoms with Crippen molar-refractivity contribution in [3.05, 3.63) is 34.3 Å². The lowest BCUT2D eigenvalue weighted by Crippen LogP contribution is -2.40. The van der Waals surface area contributed by atoms with Crippen molar-refractivity contribution in [3.63, 3.8) is 0 Å². The van der Waals surface area contributed by atoms with Gasteiger partial charge in [0.2, 0.25) is 0 Å². The molecule has 0 saturated heterocycles. The van der Waals surface area contributed by atoms with Gasteiger partial charge in [0, 0.05) is 25.4 Å². The number of methoxy groups -OCH3 is 1. The van der Waals surface area contributed by atoms with Crippen LogP contribution in [0.25, 0.3) is 0 Å². The van der Waals surface area contributed by atoms with Gasteiger partial charge < -0.3 is 20.3 Å². The second kappa shape index (κ2) is 8.59. The highest BCUT2D eigenvalue weighted by atomic mass is 32.1. The van der Waals surface area contributed by atoms with Gasteiger partial charge in [-0.1, -0.05) is 0 Å². The normalized spacial score (nSPS) is 11.9. The minimum atomic E-state index is -0.850. The zero-order chi connectivity index (χ0) is 19.3. The maximum atomic E-state index is 12.1. The second-order valence-corrected chi connectivity index (χ2v) is 6.66. The summed E-state index contributed by atoms with van der Waals surface area (Å²) in [5, 5.41) is 10.8. The summed E-state index contributed by atoms with van der Waals surface area (Å²) in [4.78, 5) is 38.0. The maximum Gasteiger partial charge on any atom is 0.350 e. The molecule has 2 aromatic heterocycles. The molecule has 9 nitrogen and oxygen atoms in total. The number of hydrogen-bond acceptors (Lipinski definition) is 7. The maximum absolute atomic E-state index is 12.1. The number of rotatable bonds is 6. The average molecular weight is 379 g/mol. The highest BCUT2D eigenvalue weighted by Gasteiger charge is 2.22. The molecule has 2 heterocycles. The summed E-state index contributed by atoms with van der Waals surface area (Å²) in [7, 11) is 6.80. The van der Waals surface area contributed by atoms with E-state index in [0.29, 0.717) is 0 Å². The fraction of sp³-hybridized carbons (Fsp3) is 0.375. The van der Waals surface area contributed by atoms with E-state index in [4.69, 9.17) is 0 Å². The van der Waals surface area contributed by atoms with E-state index in [0.717, 1.165) is 16.9 Å². The summed E-state index contributed by atoms with van der Waals surface area (Å²) in [6.45, 7) is 0.235. The molecule has 140 valence electrons. The topological polar surface area (TPSA) is 106 Å². The van der Waals surface area contributed by atoms with E-state index in [2.05, 4.69) is 20.5 Å². The molecule has 2 aromatic rings. The molecule has 26 heavy (non-hydrogen) atoms. The summed E-state index contributed by atoms with van der Waals surface area (Å²) in [5.74, 6) is -2.21. The molecular formula is C16H21N5O4S. The third-order valence-electron chi connectivity index (χ3n) is 3.68. The third kappa shape index (κ3) is 4.67. The van der Waals surface area contributed by atoms with Gasteiger partial charge in [-0.2, -0.15) is 5.10 Å². The number of ether oxygens (including phenoxy) is 1. The largest absolute Gasteiger partial charge is 0.465 e. The highest BCUT2D eigenvalue weighted by Crippen LogP contribution is 2.23. The standard InChI is InChI=1S/C16H21N5O4S/c1-20(2)12(10-7-18-21(3)9-10)8-17-14(22)15(23)19-11-5-6-26-13(11)16(24)25-4/h5-7,9,12H,8H2,1-4H3,(H,17,22)(H,19,23). The number of carbonyl (C=O) groups excluding carboxylic acids is 3. The predicted molar refractivity (Wildman–Crippen MR) is 96.9 cm³/mol. The van der Waals surface area contributed by atoms with Gasteiger partial charge in [-0.05, 0) is 25.5 Å². The lowest BCUT2D eigenvalue weighted by Gasteiger charge is -2.23. The number of carbonyl (C=O) groups is 3. The average Bonchev–Trinajstić information content (AvgIpc) is 3.23. The summed E-state index contributed by atoms with van der Waals surface area (Å²) < 4.78 is 6.31. The first-order valence-electron chi connectivity index (χ1n) is 7.73. The van der Waals surface area contributed by atoms with Crippen molar-refractivity contribution in [2.24, 2.45) is 7.05 Å². The molecule has 10 heteroatoms. The first kappa shape index (κ1) is 19.6. The van der Waals surface area contributed by atoms with Crippen molar-refractivity contribution >= 4 is 34.8 Å². The Morgan fingerprint density at radius 2 is 2.08 bits per heavy atom. The molecule has 2 rings (SSSR count). The van der Waals surface area contributed by atoms with Gasteiger partial charge in [-0.3, -0.25) is 14.3 Å². The summed E-state index contributed by atoms with van der Waals surface area (Å²) in [6.07, 6.45) is 3.57. The first-order chi connectivity index (χ1) is 12.3. The number of esters is 1. The van der Waals surface area contributed by atoms with Crippen molar-refractivity contribution in [2.45, 2.75) is 6.04 Å². The van der Waals surface area contributed by atoms with Crippen LogP contribution in [0.4, 0.5) is 5.69 Å². The zero-order valence-electron chi connectivity index (χ0n) is 15.0. The van der Waals surface area contributed by atoms with Gasteiger partial charge in [0.25, 0.3) is 0 Å². The summed E-state index contributed by atoms with van der Waals surface area (Å²) >= 11 is 1.12. The van der Waals surface area contributed by atoms with Crippen molar-refractivity contribution in [1.29, 1.82) is 0 Å². The molecular weight excluding hydrogens is 358 g/mol. The van der Waals surface area contributed by atoms with E-state index in [1.165, 1.54) is 7.11 Å². The molecule has 0 spiro atoms. The Hall–Kier alpha value is -2.72. The van der Waals surface area contributed by atoms with Crippen LogP contribution < -0.4 is 10.6 Å². The molecule has 2 amide bonds. The molecule has 0 bridgehead atoms. The van der Waals surface area contributed by atoms with Crippen LogP contribution in [0.1, 0.15) is 21.3 Å². The number of aromatic nitrogens is 2. The van der Waals surface area contributed by atoms with E-state index in [1.54, 1.807) is 22.3 Å². The predicted octanol–water partition coefficient (Wildman–Crippen LogP) is 0.626. The number of anilines is 1. The van der Waals surface area contributed by atoms with Crippen molar-refractivity contribution < 1.29 is 19.1 Å². The first-order valence-corrected chi connectivity index (χ1v) is 8.61. The summed E-state index contributed by atoms with van der Waals surface area (Å²) in [5.41, 5.74) is 1.17. The molecule has 0 fully saturated rings. The highest BCUT2D eigenvalue weighted by molar-refractivity contribution is 7.12. The number of aryl methyl sites for hydroxylation is 1. The molecule has 0 radical (unpaired) electrons. The molecule has 0 saturated carbocycles. The van der Waals surface area contributed by atoms with E-state index >= 15 is 0 Å². The second-order valence-electron chi connectivity index (χ2n) is 5.75. The van der Waals surface area contributed by atoms with Crippen LogP contribution >= 0.6 is 11.3 Å². The van der Waals surface area contributed by atoms with Crippen molar-refractivity contribution in [2.75, 3.05) is 33.1 Å². The van der Waals surface area contributed by atoms with Crippen LogP contribution in [0.15, 0.2) is 23.8 Å². The fourth-order valence-corrected chi connectivity index (χ4v) is 3.08. The molecule has 0 aliphatic heterocycles. The van der Waals surface area contributed by atoms with Crippen LogP contribution in [0.2, 0.25) is 0 Å². The SMILES string of the molecule is COC(=O)c1sccc1NC(=O)C(=O)NCC(c1cnn(C)c1)N(C)C. The number of nitrogens with zero attached hydrogens (tertiary/aromatic N) is 3. The zero-order valence-corrected chi connectivity index (χ0v) is 15.8. The van der Waals surface area contributed by atoms with Gasteiger partial charge in [0.1, 0.15) is 4.88 Å². The molecule has 1 unspecified atom stereocenters. The minimum Gasteiger partial charge on any atom is -0.465 e. The van der Waals surface area contributed by atoms with Crippen LogP contribution in [0.3, 0.4) is 0 Å². The van der Waals surface area contributed by atoms with Gasteiger partial charge in [-0.15, -0.1) is 11.3 Å². The van der Waals surface area contributed by atoms with E-state index < -0.39 is 17.8 Å². The Balaban J connectivity index is 1.97. The van der Waals surface area contributed by atoms with Gasteiger partial charge in [0.05, 0.1) is 25.0 Å². The molecule has 1 atom stereocenters. The fourth-order valence-electron chi connectivity index (χ4n) is 2.32. The molecule has 2 N–H and O–H groups in total. The Labute approximate surface area is 154 Å². The van der Waals surface area contributed by atoms with Crippen LogP contribution in [0, 0.1) is 0 Å². The Bertz CT molecular complexity index is 798. The third-order valence-corrected chi connectivity index (χ3v) is 4.57. The Kier molecular flexibility index (Phi) is 6.47. The van der Waals surface area contributed by atoms with E-state index in [9.17, 15) is 14.4 Å². The van der Waals surface area contributed by atoms with Gasteiger partial charge in [-0.25, -0.2) is 4.79 Å². The number of nitrogens with one attached hydrogen (secondary N) is 2. The van der Waals surface area contributed by atoms with E-state index in [-0.39, 0.29) is 23.2 Å². The van der Waals surface area contributed by atoms with Crippen molar-refractivity contribution in [3.8, 4) is 0 Å². The molecule has 0 aromatic carbocycles. The molecule has 0 aliphatic rings. The van der Waals surface area contributed by atoms with Crippen LogP contribution in [0.5, 0.6) is 0 Å². The monoisotopic (exact) mass is 379 g/mol. The smallest absolute Gasteiger partial charge is 0.350 e.